The van der Waals surface area contributed by atoms with Crippen LogP contribution in [0.3, 0.4) is 0 Å². The van der Waals surface area contributed by atoms with Gasteiger partial charge in [0.2, 0.25) is 0 Å². The van der Waals surface area contributed by atoms with Crippen LogP contribution in [0.15, 0.2) is 0 Å². The van der Waals surface area contributed by atoms with Crippen molar-refractivity contribution in [3.63, 3.8) is 0 Å². The molecule has 20 heavy (non-hydrogen) atoms. The first-order valence-electron chi connectivity index (χ1n) is 8.76. The maximum Gasteiger partial charge on any atom is 0.0897 e. The van der Waals surface area contributed by atoms with Gasteiger partial charge < -0.3 is 15.2 Å². The first kappa shape index (κ1) is 16.3. The Morgan fingerprint density at radius 3 is 2.80 bits per heavy atom. The molecule has 4 atom stereocenters. The van der Waals surface area contributed by atoms with E-state index in [-0.39, 0.29) is 6.10 Å². The molecule has 2 bridgehead atoms. The van der Waals surface area contributed by atoms with Crippen LogP contribution in [0.1, 0.15) is 58.3 Å². The van der Waals surface area contributed by atoms with Gasteiger partial charge in [0, 0.05) is 13.2 Å². The van der Waals surface area contributed by atoms with Crippen molar-refractivity contribution in [2.75, 3.05) is 26.3 Å². The van der Waals surface area contributed by atoms with E-state index in [0.717, 1.165) is 37.3 Å². The Bertz CT molecular complexity index is 259. The lowest BCUT2D eigenvalue weighted by atomic mass is 9.89. The fourth-order valence-corrected chi connectivity index (χ4v) is 3.97. The molecule has 0 radical (unpaired) electrons. The highest BCUT2D eigenvalue weighted by Crippen LogP contribution is 2.47. The second-order valence-corrected chi connectivity index (χ2v) is 6.88. The molecule has 2 fully saturated rings. The predicted octanol–water partition coefficient (Wildman–Crippen LogP) is 2.97. The van der Waals surface area contributed by atoms with Gasteiger partial charge in [0.25, 0.3) is 0 Å². The van der Waals surface area contributed by atoms with E-state index in [4.69, 9.17) is 4.74 Å². The fraction of sp³-hybridized carbons (Fsp3) is 1.00. The van der Waals surface area contributed by atoms with Gasteiger partial charge >= 0.3 is 0 Å². The average molecular weight is 283 g/mol. The summed E-state index contributed by atoms with van der Waals surface area (Å²) < 4.78 is 5.52. The number of ether oxygens (including phenoxy) is 1. The van der Waals surface area contributed by atoms with Crippen molar-refractivity contribution in [3.05, 3.63) is 0 Å². The summed E-state index contributed by atoms with van der Waals surface area (Å²) in [5, 5.41) is 13.3. The fourth-order valence-electron chi connectivity index (χ4n) is 3.97. The predicted molar refractivity (Wildman–Crippen MR) is 82.8 cm³/mol. The Kier molecular flexibility index (Phi) is 7.32. The highest BCUT2D eigenvalue weighted by Gasteiger charge is 2.38. The molecular formula is C17H33NO2. The molecule has 2 aliphatic rings. The smallest absolute Gasteiger partial charge is 0.0897 e. The summed E-state index contributed by atoms with van der Waals surface area (Å²) in [6.45, 7) is 5.27. The average Bonchev–Trinajstić information content (AvgIpc) is 3.05. The third-order valence-electron chi connectivity index (χ3n) is 5.12. The molecule has 3 heteroatoms. The van der Waals surface area contributed by atoms with Gasteiger partial charge in [0.15, 0.2) is 0 Å². The molecule has 0 aromatic carbocycles. The van der Waals surface area contributed by atoms with E-state index in [2.05, 4.69) is 12.2 Å². The molecule has 0 saturated heterocycles. The number of nitrogens with one attached hydrogen (secondary N) is 1. The minimum absolute atomic E-state index is 0.347. The van der Waals surface area contributed by atoms with Crippen molar-refractivity contribution >= 4 is 0 Å². The molecule has 118 valence electrons. The number of aliphatic hydroxyl groups is 1. The van der Waals surface area contributed by atoms with E-state index >= 15 is 0 Å². The summed E-state index contributed by atoms with van der Waals surface area (Å²) in [6.07, 6.45) is 10.4. The molecule has 0 amide bonds. The minimum Gasteiger partial charge on any atom is -0.389 e. The topological polar surface area (TPSA) is 41.5 Å². The zero-order chi connectivity index (χ0) is 14.2. The van der Waals surface area contributed by atoms with Gasteiger partial charge in [-0.1, -0.05) is 32.6 Å². The molecular weight excluding hydrogens is 250 g/mol. The van der Waals surface area contributed by atoms with Gasteiger partial charge in [-0.15, -0.1) is 0 Å². The van der Waals surface area contributed by atoms with Gasteiger partial charge in [-0.2, -0.15) is 0 Å². The van der Waals surface area contributed by atoms with E-state index in [0.29, 0.717) is 13.2 Å². The highest BCUT2D eigenvalue weighted by atomic mass is 16.5. The number of unbranched alkanes of at least 4 members (excludes halogenated alkanes) is 3. The Morgan fingerprint density at radius 1 is 1.20 bits per heavy atom. The Labute approximate surface area is 124 Å². The van der Waals surface area contributed by atoms with Crippen molar-refractivity contribution in [2.24, 2.45) is 17.8 Å². The van der Waals surface area contributed by atoms with Gasteiger partial charge in [-0.3, -0.25) is 0 Å². The zero-order valence-electron chi connectivity index (χ0n) is 13.2. The third-order valence-corrected chi connectivity index (χ3v) is 5.12. The van der Waals surface area contributed by atoms with Crippen LogP contribution in [0.2, 0.25) is 0 Å². The highest BCUT2D eigenvalue weighted by molar-refractivity contribution is 4.90. The van der Waals surface area contributed by atoms with E-state index in [1.54, 1.807) is 0 Å². The summed E-state index contributed by atoms with van der Waals surface area (Å²) >= 11 is 0. The summed E-state index contributed by atoms with van der Waals surface area (Å²) in [6, 6.07) is 0. The number of fused-ring (bicyclic) bond motifs is 2. The molecule has 2 saturated carbocycles. The van der Waals surface area contributed by atoms with Crippen LogP contribution >= 0.6 is 0 Å². The first-order chi connectivity index (χ1) is 9.79. The maximum absolute atomic E-state index is 9.87. The first-order valence-corrected chi connectivity index (χ1v) is 8.76. The standard InChI is InChI=1S/C17H33NO2/c1-2-3-4-5-8-20-13-17(19)12-18-11-16-10-14-6-7-15(16)9-14/h14-19H,2-13H2,1H3. The Morgan fingerprint density at radius 2 is 2.10 bits per heavy atom. The van der Waals surface area contributed by atoms with Crippen molar-refractivity contribution in [3.8, 4) is 0 Å². The van der Waals surface area contributed by atoms with Crippen LogP contribution < -0.4 is 5.32 Å². The van der Waals surface area contributed by atoms with Gasteiger partial charge in [-0.05, 0) is 50.0 Å². The SMILES string of the molecule is CCCCCCOCC(O)CNCC1CC2CCC1C2. The molecule has 0 heterocycles. The number of aliphatic hydroxyl groups excluding tert-OH is 1. The molecule has 0 aliphatic heterocycles. The number of hydrogen-bond acceptors (Lipinski definition) is 3. The molecule has 2 N–H and O–H groups in total. The van der Waals surface area contributed by atoms with Gasteiger partial charge in [0.1, 0.15) is 0 Å². The zero-order valence-corrected chi connectivity index (χ0v) is 13.2. The van der Waals surface area contributed by atoms with Crippen molar-refractivity contribution in [1.29, 1.82) is 0 Å². The lowest BCUT2D eigenvalue weighted by molar-refractivity contribution is 0.0348. The lowest BCUT2D eigenvalue weighted by Crippen LogP contribution is -2.34. The van der Waals surface area contributed by atoms with E-state index < -0.39 is 0 Å². The monoisotopic (exact) mass is 283 g/mol. The molecule has 2 aliphatic carbocycles. The van der Waals surface area contributed by atoms with Crippen LogP contribution in [-0.2, 0) is 4.74 Å². The van der Waals surface area contributed by atoms with Crippen LogP contribution in [0.4, 0.5) is 0 Å². The Balaban J connectivity index is 1.41. The molecule has 0 spiro atoms. The summed E-state index contributed by atoms with van der Waals surface area (Å²) in [4.78, 5) is 0. The largest absolute Gasteiger partial charge is 0.389 e. The van der Waals surface area contributed by atoms with E-state index in [9.17, 15) is 5.11 Å². The van der Waals surface area contributed by atoms with Crippen LogP contribution in [0.25, 0.3) is 0 Å². The number of hydrogen-bond donors (Lipinski definition) is 2. The van der Waals surface area contributed by atoms with Crippen LogP contribution in [-0.4, -0.2) is 37.5 Å². The molecule has 0 aromatic rings. The van der Waals surface area contributed by atoms with Crippen LogP contribution in [0.5, 0.6) is 0 Å². The van der Waals surface area contributed by atoms with Crippen molar-refractivity contribution in [1.82, 2.24) is 5.32 Å². The quantitative estimate of drug-likeness (QED) is 0.573. The Hall–Kier alpha value is -0.120. The van der Waals surface area contributed by atoms with Gasteiger partial charge in [-0.25, -0.2) is 0 Å². The molecule has 4 unspecified atom stereocenters. The van der Waals surface area contributed by atoms with Crippen molar-refractivity contribution in [2.45, 2.75) is 64.4 Å². The second kappa shape index (κ2) is 9.01. The summed E-state index contributed by atoms with van der Waals surface area (Å²) in [7, 11) is 0. The van der Waals surface area contributed by atoms with Crippen molar-refractivity contribution < 1.29 is 9.84 Å². The lowest BCUT2D eigenvalue weighted by Gasteiger charge is -2.22. The maximum atomic E-state index is 9.87. The molecule has 0 aromatic heterocycles. The molecule has 2 rings (SSSR count). The number of rotatable bonds is 11. The normalized spacial score (nSPS) is 30.0. The third kappa shape index (κ3) is 5.34. The minimum atomic E-state index is -0.347. The van der Waals surface area contributed by atoms with Crippen LogP contribution in [0, 0.1) is 17.8 Å². The second-order valence-electron chi connectivity index (χ2n) is 6.88. The molecule has 3 nitrogen and oxygen atoms in total. The van der Waals surface area contributed by atoms with E-state index in [1.807, 2.05) is 0 Å². The summed E-state index contributed by atoms with van der Waals surface area (Å²) in [5.74, 6) is 2.86. The van der Waals surface area contributed by atoms with Gasteiger partial charge in [0.05, 0.1) is 12.7 Å². The summed E-state index contributed by atoms with van der Waals surface area (Å²) in [5.41, 5.74) is 0. The van der Waals surface area contributed by atoms with E-state index in [1.165, 1.54) is 44.9 Å².